The van der Waals surface area contributed by atoms with Crippen molar-refractivity contribution in [3.05, 3.63) is 45.3 Å². The van der Waals surface area contributed by atoms with Crippen LogP contribution in [0.25, 0.3) is 10.4 Å². The van der Waals surface area contributed by atoms with E-state index in [1.54, 1.807) is 0 Å². The molecule has 19 heavy (non-hydrogen) atoms. The third kappa shape index (κ3) is 3.48. The van der Waals surface area contributed by atoms with E-state index in [4.69, 9.17) is 5.53 Å². The highest BCUT2D eigenvalue weighted by molar-refractivity contribution is 5.78. The highest BCUT2D eigenvalue weighted by Crippen LogP contribution is 2.21. The van der Waals surface area contributed by atoms with Crippen LogP contribution in [0.4, 0.5) is 0 Å². The summed E-state index contributed by atoms with van der Waals surface area (Å²) in [6.07, 6.45) is 0.490. The molecule has 1 aliphatic heterocycles. The molecule has 1 atom stereocenters. The number of rotatable bonds is 4. The third-order valence-corrected chi connectivity index (χ3v) is 3.35. The molecule has 0 N–H and O–H groups in total. The SMILES string of the molecule is Cc1cc(C)cc(CN2CC(CN=[N+]=[N-])CC2=O)c1. The molecule has 0 aromatic heterocycles. The maximum atomic E-state index is 11.9. The van der Waals surface area contributed by atoms with E-state index in [2.05, 4.69) is 42.1 Å². The zero-order chi connectivity index (χ0) is 13.8. The number of carbonyl (C=O) groups is 1. The van der Waals surface area contributed by atoms with E-state index in [0.29, 0.717) is 26.1 Å². The number of hydrogen-bond donors (Lipinski definition) is 0. The minimum absolute atomic E-state index is 0.150. The standard InChI is InChI=1S/C14H18N4O/c1-10-3-11(2)5-12(4-10)8-18-9-13(6-14(18)19)7-16-17-15/h3-5,13H,6-9H2,1-2H3. The second kappa shape index (κ2) is 5.76. The van der Waals surface area contributed by atoms with E-state index < -0.39 is 0 Å². The molecule has 0 radical (unpaired) electrons. The van der Waals surface area contributed by atoms with Crippen molar-refractivity contribution in [2.45, 2.75) is 26.8 Å². The first kappa shape index (κ1) is 13.4. The minimum Gasteiger partial charge on any atom is -0.338 e. The van der Waals surface area contributed by atoms with Gasteiger partial charge in [-0.1, -0.05) is 34.4 Å². The van der Waals surface area contributed by atoms with Gasteiger partial charge in [0.1, 0.15) is 0 Å². The van der Waals surface area contributed by atoms with Gasteiger partial charge in [-0.2, -0.15) is 0 Å². The van der Waals surface area contributed by atoms with Crippen LogP contribution in [0.1, 0.15) is 23.1 Å². The number of aryl methyl sites for hydroxylation is 2. The lowest BCUT2D eigenvalue weighted by atomic mass is 10.1. The molecule has 1 aliphatic rings. The van der Waals surface area contributed by atoms with Crippen molar-refractivity contribution in [2.75, 3.05) is 13.1 Å². The number of likely N-dealkylation sites (tertiary alicyclic amines) is 1. The van der Waals surface area contributed by atoms with Crippen LogP contribution in [0.3, 0.4) is 0 Å². The van der Waals surface area contributed by atoms with Gasteiger partial charge >= 0.3 is 0 Å². The Morgan fingerprint density at radius 3 is 2.68 bits per heavy atom. The Hall–Kier alpha value is -2.00. The quantitative estimate of drug-likeness (QED) is 0.465. The van der Waals surface area contributed by atoms with E-state index in [0.717, 1.165) is 5.56 Å². The molecule has 0 saturated carbocycles. The molecule has 0 spiro atoms. The Bertz CT molecular complexity index is 514. The fourth-order valence-electron chi connectivity index (χ4n) is 2.66. The Kier molecular flexibility index (Phi) is 4.07. The van der Waals surface area contributed by atoms with Gasteiger partial charge in [-0.25, -0.2) is 0 Å². The fourth-order valence-corrected chi connectivity index (χ4v) is 2.66. The lowest BCUT2D eigenvalue weighted by Crippen LogP contribution is -2.24. The van der Waals surface area contributed by atoms with Crippen LogP contribution in [0.5, 0.6) is 0 Å². The van der Waals surface area contributed by atoms with E-state index >= 15 is 0 Å². The molecule has 1 unspecified atom stereocenters. The number of azide groups is 1. The lowest BCUT2D eigenvalue weighted by molar-refractivity contribution is -0.128. The normalized spacial score (nSPS) is 18.5. The second-order valence-electron chi connectivity index (χ2n) is 5.25. The van der Waals surface area contributed by atoms with E-state index in [1.165, 1.54) is 11.1 Å². The zero-order valence-corrected chi connectivity index (χ0v) is 11.3. The molecule has 0 aliphatic carbocycles. The van der Waals surface area contributed by atoms with Gasteiger partial charge in [0.05, 0.1) is 0 Å². The van der Waals surface area contributed by atoms with Crippen LogP contribution in [0, 0.1) is 19.8 Å². The fraction of sp³-hybridized carbons (Fsp3) is 0.500. The average molecular weight is 258 g/mol. The smallest absolute Gasteiger partial charge is 0.223 e. The molecule has 5 nitrogen and oxygen atoms in total. The number of amides is 1. The maximum Gasteiger partial charge on any atom is 0.223 e. The van der Waals surface area contributed by atoms with Crippen molar-refractivity contribution in [1.82, 2.24) is 4.90 Å². The van der Waals surface area contributed by atoms with E-state index in [-0.39, 0.29) is 11.8 Å². The Balaban J connectivity index is 2.03. The first-order valence-electron chi connectivity index (χ1n) is 6.44. The van der Waals surface area contributed by atoms with Gasteiger partial charge in [-0.15, -0.1) is 0 Å². The van der Waals surface area contributed by atoms with Crippen LogP contribution in [0.15, 0.2) is 23.3 Å². The molecule has 0 bridgehead atoms. The molecule has 1 heterocycles. The third-order valence-electron chi connectivity index (χ3n) is 3.35. The predicted molar refractivity (Wildman–Crippen MR) is 73.5 cm³/mol. The minimum atomic E-state index is 0.150. The van der Waals surface area contributed by atoms with Gasteiger partial charge < -0.3 is 4.90 Å². The summed E-state index contributed by atoms with van der Waals surface area (Å²) in [5, 5.41) is 3.56. The Morgan fingerprint density at radius 2 is 2.05 bits per heavy atom. The van der Waals surface area contributed by atoms with E-state index in [9.17, 15) is 4.79 Å². The molecule has 2 rings (SSSR count). The van der Waals surface area contributed by atoms with Crippen molar-refractivity contribution >= 4 is 5.91 Å². The van der Waals surface area contributed by atoms with Crippen molar-refractivity contribution in [3.63, 3.8) is 0 Å². The summed E-state index contributed by atoms with van der Waals surface area (Å²) in [6.45, 7) is 5.87. The van der Waals surface area contributed by atoms with Crippen molar-refractivity contribution < 1.29 is 4.79 Å². The highest BCUT2D eigenvalue weighted by Gasteiger charge is 2.28. The molecule has 100 valence electrons. The summed E-state index contributed by atoms with van der Waals surface area (Å²) in [6, 6.07) is 6.35. The van der Waals surface area contributed by atoms with Crippen molar-refractivity contribution in [1.29, 1.82) is 0 Å². The molecule has 1 fully saturated rings. The summed E-state index contributed by atoms with van der Waals surface area (Å²) in [5.41, 5.74) is 11.9. The van der Waals surface area contributed by atoms with Crippen LogP contribution < -0.4 is 0 Å². The topological polar surface area (TPSA) is 69.1 Å². The van der Waals surface area contributed by atoms with Gasteiger partial charge in [0.15, 0.2) is 0 Å². The second-order valence-corrected chi connectivity index (χ2v) is 5.25. The maximum absolute atomic E-state index is 11.9. The largest absolute Gasteiger partial charge is 0.338 e. The van der Waals surface area contributed by atoms with Crippen LogP contribution in [-0.2, 0) is 11.3 Å². The Labute approximate surface area is 112 Å². The van der Waals surface area contributed by atoms with Gasteiger partial charge in [-0.3, -0.25) is 4.79 Å². The molecule has 1 aromatic carbocycles. The summed E-state index contributed by atoms with van der Waals surface area (Å²) < 4.78 is 0. The monoisotopic (exact) mass is 258 g/mol. The summed E-state index contributed by atoms with van der Waals surface area (Å²) in [5.74, 6) is 0.312. The summed E-state index contributed by atoms with van der Waals surface area (Å²) >= 11 is 0. The number of hydrogen-bond acceptors (Lipinski definition) is 2. The van der Waals surface area contributed by atoms with Crippen molar-refractivity contribution in [3.8, 4) is 0 Å². The first-order chi connectivity index (χ1) is 9.08. The number of benzene rings is 1. The van der Waals surface area contributed by atoms with Gasteiger partial charge in [-0.05, 0) is 30.9 Å². The predicted octanol–water partition coefficient (Wildman–Crippen LogP) is 2.96. The first-order valence-corrected chi connectivity index (χ1v) is 6.44. The number of carbonyl (C=O) groups excluding carboxylic acids is 1. The van der Waals surface area contributed by atoms with Gasteiger partial charge in [0, 0.05) is 31.0 Å². The van der Waals surface area contributed by atoms with Crippen molar-refractivity contribution in [2.24, 2.45) is 11.0 Å². The lowest BCUT2D eigenvalue weighted by Gasteiger charge is -2.17. The van der Waals surface area contributed by atoms with Gasteiger partial charge in [0.2, 0.25) is 5.91 Å². The molecule has 5 heteroatoms. The Morgan fingerprint density at radius 1 is 1.37 bits per heavy atom. The van der Waals surface area contributed by atoms with Crippen LogP contribution >= 0.6 is 0 Å². The number of nitrogens with zero attached hydrogens (tertiary/aromatic N) is 4. The zero-order valence-electron chi connectivity index (χ0n) is 11.3. The molecular formula is C14H18N4O. The van der Waals surface area contributed by atoms with Crippen LogP contribution in [0.2, 0.25) is 0 Å². The molecule has 1 saturated heterocycles. The molecule has 1 amide bonds. The van der Waals surface area contributed by atoms with Gasteiger partial charge in [0.25, 0.3) is 0 Å². The summed E-state index contributed by atoms with van der Waals surface area (Å²) in [4.78, 5) is 16.5. The van der Waals surface area contributed by atoms with Crippen LogP contribution in [-0.4, -0.2) is 23.9 Å². The average Bonchev–Trinajstić information content (AvgIpc) is 2.66. The van der Waals surface area contributed by atoms with E-state index in [1.807, 2.05) is 4.90 Å². The highest BCUT2D eigenvalue weighted by atomic mass is 16.2. The molecular weight excluding hydrogens is 240 g/mol. The molecule has 1 aromatic rings. The summed E-state index contributed by atoms with van der Waals surface area (Å²) in [7, 11) is 0.